The van der Waals surface area contributed by atoms with E-state index in [4.69, 9.17) is 0 Å². The number of hydrogen-bond acceptors (Lipinski definition) is 4. The Kier molecular flexibility index (Phi) is 7.10. The van der Waals surface area contributed by atoms with E-state index >= 15 is 0 Å². The predicted octanol–water partition coefficient (Wildman–Crippen LogP) is 4.17. The van der Waals surface area contributed by atoms with Crippen LogP contribution in [0.25, 0.3) is 0 Å². The molecule has 0 atom stereocenters. The Hall–Kier alpha value is -2.45. The summed E-state index contributed by atoms with van der Waals surface area (Å²) in [6.45, 7) is 2.89. The maximum Gasteiger partial charge on any atom is 0.243 e. The molecule has 4 rings (SSSR count). The van der Waals surface area contributed by atoms with Crippen LogP contribution in [0.4, 0.5) is 15.8 Å². The third kappa shape index (κ3) is 5.30. The average Bonchev–Trinajstić information content (AvgIpc) is 2.81. The van der Waals surface area contributed by atoms with Crippen molar-refractivity contribution in [2.24, 2.45) is 0 Å². The minimum atomic E-state index is -3.49. The Labute approximate surface area is 189 Å². The molecule has 0 aromatic heterocycles. The Bertz CT molecular complexity index is 1040. The second-order valence-electron chi connectivity index (χ2n) is 8.54. The summed E-state index contributed by atoms with van der Waals surface area (Å²) in [5, 5.41) is 2.85. The highest BCUT2D eigenvalue weighted by atomic mass is 32.2. The van der Waals surface area contributed by atoms with E-state index < -0.39 is 15.8 Å². The van der Waals surface area contributed by atoms with Crippen molar-refractivity contribution in [2.45, 2.75) is 49.8 Å². The van der Waals surface area contributed by atoms with Gasteiger partial charge in [0.1, 0.15) is 5.82 Å². The third-order valence-corrected chi connectivity index (χ3v) is 8.08. The van der Waals surface area contributed by atoms with Gasteiger partial charge in [-0.2, -0.15) is 4.31 Å². The van der Waals surface area contributed by atoms with Gasteiger partial charge in [0.15, 0.2) is 0 Å². The van der Waals surface area contributed by atoms with E-state index in [-0.39, 0.29) is 17.2 Å². The van der Waals surface area contributed by atoms with Gasteiger partial charge in [-0.15, -0.1) is 0 Å². The molecule has 0 radical (unpaired) electrons. The number of benzene rings is 2. The molecule has 2 heterocycles. The molecular formula is C24H30FN3O3S. The topological polar surface area (TPSA) is 69.7 Å². The zero-order valence-corrected chi connectivity index (χ0v) is 19.0. The fourth-order valence-corrected chi connectivity index (χ4v) is 5.95. The van der Waals surface area contributed by atoms with Crippen molar-refractivity contribution in [3.05, 3.63) is 53.8 Å². The van der Waals surface area contributed by atoms with E-state index in [0.717, 1.165) is 50.9 Å². The van der Waals surface area contributed by atoms with Gasteiger partial charge < -0.3 is 10.2 Å². The Morgan fingerprint density at radius 3 is 2.16 bits per heavy atom. The van der Waals surface area contributed by atoms with Crippen LogP contribution in [0.15, 0.2) is 47.4 Å². The fraction of sp³-hybridized carbons (Fsp3) is 0.458. The molecular weight excluding hydrogens is 429 g/mol. The SMILES string of the molecule is O=C(Cc1ccc(S(=O)(=O)N2CCCCC2)cc1)Nc1cc(F)ccc1N1CCCCC1. The van der Waals surface area contributed by atoms with Crippen LogP contribution in [0.5, 0.6) is 0 Å². The summed E-state index contributed by atoms with van der Waals surface area (Å²) in [5.74, 6) is -0.658. The largest absolute Gasteiger partial charge is 0.370 e. The smallest absolute Gasteiger partial charge is 0.243 e. The number of amides is 1. The maximum absolute atomic E-state index is 13.9. The van der Waals surface area contributed by atoms with Crippen molar-refractivity contribution in [3.63, 3.8) is 0 Å². The van der Waals surface area contributed by atoms with Crippen molar-refractivity contribution < 1.29 is 17.6 Å². The van der Waals surface area contributed by atoms with Crippen LogP contribution in [-0.4, -0.2) is 44.8 Å². The van der Waals surface area contributed by atoms with Crippen molar-refractivity contribution in [1.82, 2.24) is 4.31 Å². The number of anilines is 2. The molecule has 2 aliphatic heterocycles. The quantitative estimate of drug-likeness (QED) is 0.704. The molecule has 2 saturated heterocycles. The molecule has 2 aliphatic rings. The van der Waals surface area contributed by atoms with Crippen LogP contribution in [-0.2, 0) is 21.2 Å². The Morgan fingerprint density at radius 1 is 0.875 bits per heavy atom. The molecule has 0 aliphatic carbocycles. The molecule has 0 saturated carbocycles. The van der Waals surface area contributed by atoms with E-state index in [1.807, 2.05) is 0 Å². The van der Waals surface area contributed by atoms with Crippen LogP contribution in [0, 0.1) is 5.82 Å². The lowest BCUT2D eigenvalue weighted by Crippen LogP contribution is -2.35. The van der Waals surface area contributed by atoms with Gasteiger partial charge in [-0.25, -0.2) is 12.8 Å². The first-order valence-corrected chi connectivity index (χ1v) is 12.8. The summed E-state index contributed by atoms with van der Waals surface area (Å²) >= 11 is 0. The van der Waals surface area contributed by atoms with E-state index in [2.05, 4.69) is 10.2 Å². The highest BCUT2D eigenvalue weighted by Gasteiger charge is 2.25. The molecule has 1 N–H and O–H groups in total. The molecule has 172 valence electrons. The summed E-state index contributed by atoms with van der Waals surface area (Å²) in [6, 6.07) is 11.0. The Morgan fingerprint density at radius 2 is 1.50 bits per heavy atom. The summed E-state index contributed by atoms with van der Waals surface area (Å²) in [4.78, 5) is 15.1. The van der Waals surface area contributed by atoms with Gasteiger partial charge in [0, 0.05) is 26.2 Å². The maximum atomic E-state index is 13.9. The first-order chi connectivity index (χ1) is 15.4. The van der Waals surface area contributed by atoms with Gasteiger partial charge in [-0.1, -0.05) is 18.6 Å². The number of hydrogen-bond donors (Lipinski definition) is 1. The lowest BCUT2D eigenvalue weighted by atomic mass is 10.1. The summed E-state index contributed by atoms with van der Waals surface area (Å²) < 4.78 is 41.0. The number of piperidine rings is 2. The number of carbonyl (C=O) groups is 1. The zero-order valence-electron chi connectivity index (χ0n) is 18.2. The summed E-state index contributed by atoms with van der Waals surface area (Å²) in [6.07, 6.45) is 6.26. The minimum absolute atomic E-state index is 0.0833. The van der Waals surface area contributed by atoms with E-state index in [9.17, 15) is 17.6 Å². The monoisotopic (exact) mass is 459 g/mol. The zero-order chi connectivity index (χ0) is 22.6. The summed E-state index contributed by atoms with van der Waals surface area (Å²) in [7, 11) is -3.49. The van der Waals surface area contributed by atoms with Gasteiger partial charge in [0.2, 0.25) is 15.9 Å². The van der Waals surface area contributed by atoms with Crippen molar-refractivity contribution >= 4 is 27.3 Å². The third-order valence-electron chi connectivity index (χ3n) is 6.17. The number of halogens is 1. The van der Waals surface area contributed by atoms with Crippen molar-refractivity contribution in [1.29, 1.82) is 0 Å². The van der Waals surface area contributed by atoms with Crippen LogP contribution >= 0.6 is 0 Å². The normalized spacial score (nSPS) is 17.8. The molecule has 0 bridgehead atoms. The molecule has 1 amide bonds. The average molecular weight is 460 g/mol. The van der Waals surface area contributed by atoms with Gasteiger partial charge >= 0.3 is 0 Å². The number of rotatable bonds is 6. The molecule has 32 heavy (non-hydrogen) atoms. The molecule has 0 unspecified atom stereocenters. The van der Waals surface area contributed by atoms with E-state index in [1.54, 1.807) is 30.3 Å². The second kappa shape index (κ2) is 10.0. The first-order valence-electron chi connectivity index (χ1n) is 11.4. The lowest BCUT2D eigenvalue weighted by Gasteiger charge is -2.30. The second-order valence-corrected chi connectivity index (χ2v) is 10.5. The van der Waals surface area contributed by atoms with Crippen LogP contribution in [0.2, 0.25) is 0 Å². The van der Waals surface area contributed by atoms with Crippen LogP contribution in [0.3, 0.4) is 0 Å². The van der Waals surface area contributed by atoms with Gasteiger partial charge in [0.25, 0.3) is 0 Å². The van der Waals surface area contributed by atoms with Crippen molar-refractivity contribution in [2.75, 3.05) is 36.4 Å². The van der Waals surface area contributed by atoms with Crippen LogP contribution in [0.1, 0.15) is 44.1 Å². The highest BCUT2D eigenvalue weighted by Crippen LogP contribution is 2.29. The summed E-state index contributed by atoms with van der Waals surface area (Å²) in [5.41, 5.74) is 2.01. The number of carbonyl (C=O) groups excluding carboxylic acids is 1. The van der Waals surface area contributed by atoms with Gasteiger partial charge in [-0.05, 0) is 68.0 Å². The highest BCUT2D eigenvalue weighted by molar-refractivity contribution is 7.89. The van der Waals surface area contributed by atoms with E-state index in [1.165, 1.54) is 22.9 Å². The molecule has 6 nitrogen and oxygen atoms in total. The molecule has 0 spiro atoms. The molecule has 2 aromatic rings. The first kappa shape index (κ1) is 22.7. The fourth-order valence-electron chi connectivity index (χ4n) is 4.43. The molecule has 2 fully saturated rings. The lowest BCUT2D eigenvalue weighted by molar-refractivity contribution is -0.115. The van der Waals surface area contributed by atoms with Crippen molar-refractivity contribution in [3.8, 4) is 0 Å². The predicted molar refractivity (Wildman–Crippen MR) is 124 cm³/mol. The number of sulfonamides is 1. The van der Waals surface area contributed by atoms with Gasteiger partial charge in [-0.3, -0.25) is 4.79 Å². The number of nitrogens with zero attached hydrogens (tertiary/aromatic N) is 2. The molecule has 8 heteroatoms. The Balaban J connectivity index is 1.43. The number of nitrogens with one attached hydrogen (secondary N) is 1. The van der Waals surface area contributed by atoms with Gasteiger partial charge in [0.05, 0.1) is 22.7 Å². The standard InChI is InChI=1S/C24H30FN3O3S/c25-20-9-12-23(27-13-3-1-4-14-27)22(18-20)26-24(29)17-19-7-10-21(11-8-19)32(30,31)28-15-5-2-6-16-28/h7-12,18H,1-6,13-17H2,(H,26,29). The van der Waals surface area contributed by atoms with Crippen LogP contribution < -0.4 is 10.2 Å². The minimum Gasteiger partial charge on any atom is -0.370 e. The van der Waals surface area contributed by atoms with E-state index in [0.29, 0.717) is 24.3 Å². The molecule has 2 aromatic carbocycles.